The number of ether oxygens (including phenoxy) is 10. The summed E-state index contributed by atoms with van der Waals surface area (Å²) in [5.74, 6) is -6.11. The van der Waals surface area contributed by atoms with Crippen LogP contribution in [0.3, 0.4) is 0 Å². The van der Waals surface area contributed by atoms with Gasteiger partial charge in [-0.15, -0.1) is 5.10 Å². The lowest BCUT2D eigenvalue weighted by molar-refractivity contribution is -0.149. The zero-order valence-corrected chi connectivity index (χ0v) is 75.0. The zero-order valence-electron chi connectivity index (χ0n) is 75.0. The molecule has 8 amide bonds. The van der Waals surface area contributed by atoms with E-state index in [1.54, 1.807) is 106 Å². The molecule has 2 aromatic carbocycles. The molecule has 688 valence electrons. The molecule has 1 fully saturated rings. The number of aliphatic hydroxyl groups excluding tert-OH is 1. The molecule has 3 aromatic rings. The normalized spacial score (nSPS) is 15.9. The van der Waals surface area contributed by atoms with Crippen molar-refractivity contribution in [2.75, 3.05) is 133 Å². The highest BCUT2D eigenvalue weighted by Crippen LogP contribution is 2.32. The van der Waals surface area contributed by atoms with E-state index in [-0.39, 0.29) is 131 Å². The molecular formula is C88H144N12O22. The third-order valence-corrected chi connectivity index (χ3v) is 22.1. The number of rotatable bonds is 66. The van der Waals surface area contributed by atoms with Gasteiger partial charge in [-0.1, -0.05) is 129 Å². The molecule has 1 unspecified atom stereocenters. The van der Waals surface area contributed by atoms with Gasteiger partial charge < -0.3 is 99.9 Å². The molecule has 2 heterocycles. The number of aliphatic hydroxyl groups is 1. The van der Waals surface area contributed by atoms with Gasteiger partial charge in [-0.3, -0.25) is 43.2 Å². The third-order valence-electron chi connectivity index (χ3n) is 22.1. The number of carbonyl (C=O) groups is 11. The van der Waals surface area contributed by atoms with Crippen LogP contribution >= 0.6 is 0 Å². The molecule has 0 aliphatic carbocycles. The summed E-state index contributed by atoms with van der Waals surface area (Å²) in [6, 6.07) is 10.8. The smallest absolute Gasteiger partial charge is 0.410 e. The van der Waals surface area contributed by atoms with Crippen LogP contribution in [-0.2, 0) is 110 Å². The fourth-order valence-electron chi connectivity index (χ4n) is 14.8. The summed E-state index contributed by atoms with van der Waals surface area (Å²) in [7, 11) is 6.19. The fraction of sp³-hybridized carbons (Fsp3) is 0.716. The topological polar surface area (TPSA) is 441 Å². The summed E-state index contributed by atoms with van der Waals surface area (Å²) in [6.07, 6.45) is 4.47. The van der Waals surface area contributed by atoms with Crippen LogP contribution in [0.25, 0.3) is 0 Å². The second-order valence-electron chi connectivity index (χ2n) is 32.6. The highest BCUT2D eigenvalue weighted by molar-refractivity contribution is 5.98. The number of nitrogens with zero attached hydrogens (tertiary/aromatic N) is 6. The van der Waals surface area contributed by atoms with Gasteiger partial charge in [0.05, 0.1) is 166 Å². The van der Waals surface area contributed by atoms with E-state index in [0.29, 0.717) is 133 Å². The van der Waals surface area contributed by atoms with Crippen LogP contribution in [-0.4, -0.2) is 275 Å². The second kappa shape index (κ2) is 58.8. The number of nitrogens with one attached hydrogen (secondary N) is 4. The van der Waals surface area contributed by atoms with Crippen LogP contribution in [0.5, 0.6) is 0 Å². The second-order valence-corrected chi connectivity index (χ2v) is 32.6. The predicted molar refractivity (Wildman–Crippen MR) is 457 cm³/mol. The number of carbonyl (C=O) groups excluding carboxylic acids is 11. The Bertz CT molecular complexity index is 3590. The number of methoxy groups -OCH3 is 2. The summed E-state index contributed by atoms with van der Waals surface area (Å²) in [5.41, 5.74) is 13.3. The van der Waals surface area contributed by atoms with Crippen LogP contribution in [0, 0.1) is 41.4 Å². The predicted octanol–water partition coefficient (Wildman–Crippen LogP) is 7.51. The van der Waals surface area contributed by atoms with E-state index in [1.165, 1.54) is 33.1 Å². The Morgan fingerprint density at radius 2 is 1.27 bits per heavy atom. The van der Waals surface area contributed by atoms with E-state index in [0.717, 1.165) is 19.3 Å². The van der Waals surface area contributed by atoms with Gasteiger partial charge in [-0.05, 0) is 99.3 Å². The third kappa shape index (κ3) is 38.9. The number of anilines is 1. The average Bonchev–Trinajstić information content (AvgIpc) is 1.47. The van der Waals surface area contributed by atoms with Crippen molar-refractivity contribution < 1.29 is 105 Å². The number of benzene rings is 2. The highest BCUT2D eigenvalue weighted by Gasteiger charge is 2.44. The van der Waals surface area contributed by atoms with Gasteiger partial charge in [-0.25, -0.2) is 14.3 Å². The van der Waals surface area contributed by atoms with Crippen LogP contribution in [0.2, 0.25) is 0 Å². The van der Waals surface area contributed by atoms with Gasteiger partial charge in [-0.2, -0.15) is 0 Å². The van der Waals surface area contributed by atoms with Gasteiger partial charge in [0.1, 0.15) is 30.5 Å². The quantitative estimate of drug-likeness (QED) is 0.0269. The lowest BCUT2D eigenvalue weighted by Crippen LogP contribution is -2.55. The summed E-state index contributed by atoms with van der Waals surface area (Å²) < 4.78 is 58.6. The van der Waals surface area contributed by atoms with Crippen LogP contribution < -0.4 is 32.7 Å². The molecule has 0 bridgehead atoms. The minimum absolute atomic E-state index is 0.0128. The number of urea groups is 1. The fourth-order valence-corrected chi connectivity index (χ4v) is 14.8. The van der Waals surface area contributed by atoms with Gasteiger partial charge in [0.25, 0.3) is 0 Å². The Hall–Kier alpha value is -8.29. The summed E-state index contributed by atoms with van der Waals surface area (Å²) in [5, 5.41) is 30.3. The molecule has 1 aliphatic rings. The maximum atomic E-state index is 14.9. The molecule has 122 heavy (non-hydrogen) atoms. The van der Waals surface area contributed by atoms with E-state index in [4.69, 9.17) is 58.8 Å². The standard InChI is InChI=1S/C88H144N12O22/c1-16-61(8)81(76(113-14)53-78(106)100-37-24-30-73(100)83(114-15)62(9)84(108)92-63(10)82(107)66-25-19-17-20-26-66)97(12)86(110)71(58(2)3)52-75(104)80(60(6)7)98(13)88(112)122-55-65-31-33-68(34-32-65)93-85(109)67(27-23-36-91-87(90)111)51-74(103)79(59(4)5)94-77(105)57-121-50-48-119-47-49-120-56-69-54-99(96-95-69)38-40-116-42-44-118-46-45-117-43-41-115-39-35-70(102)28-21-18-22-29-72(89)64(11)101/h17,19-20,25-26,31-34,54,58-63,67,71-73,76,79-83,107H,16,18,21-24,27-30,35-53,55-57,89H2,1-15H3,(H,92,108)(H,93,109)(H,94,105)(H3,90,91,111)/t61-,62+,63+,67+,71-,72+,73?,76+,79-,80-,81-,82+,83+/m0/s1. The molecular weight excluding hydrogens is 1580 g/mol. The van der Waals surface area contributed by atoms with Crippen LogP contribution in [0.15, 0.2) is 60.8 Å². The van der Waals surface area contributed by atoms with Gasteiger partial charge >= 0.3 is 12.1 Å². The number of primary amides is 1. The molecule has 13 atom stereocenters. The summed E-state index contributed by atoms with van der Waals surface area (Å²) in [4.78, 5) is 152. The number of hydrogen-bond donors (Lipinski definition) is 7. The van der Waals surface area contributed by atoms with Crippen molar-refractivity contribution in [3.63, 3.8) is 0 Å². The van der Waals surface area contributed by atoms with E-state index < -0.39 is 108 Å². The molecule has 1 aliphatic heterocycles. The molecule has 4 rings (SSSR count). The summed E-state index contributed by atoms with van der Waals surface area (Å²) >= 11 is 0. The monoisotopic (exact) mass is 1720 g/mol. The molecule has 34 nitrogen and oxygen atoms in total. The minimum atomic E-state index is -0.982. The number of aromatic nitrogens is 3. The molecule has 9 N–H and O–H groups in total. The van der Waals surface area contributed by atoms with Gasteiger partial charge in [0.15, 0.2) is 11.6 Å². The Labute approximate surface area is 721 Å². The average molecular weight is 1720 g/mol. The number of Topliss-reactive ketones (excluding diaryl/α,β-unsaturated/α-hetero) is 4. The van der Waals surface area contributed by atoms with Crippen molar-refractivity contribution in [2.24, 2.45) is 52.9 Å². The minimum Gasteiger partial charge on any atom is -0.445 e. The molecule has 0 radical (unpaired) electrons. The number of hydrogen-bond acceptors (Lipinski definition) is 25. The molecule has 1 aromatic heterocycles. The number of likely N-dealkylation sites (tertiary alicyclic amines) is 1. The first-order chi connectivity index (χ1) is 58.2. The van der Waals surface area contributed by atoms with Crippen molar-refractivity contribution in [2.45, 2.75) is 240 Å². The van der Waals surface area contributed by atoms with Gasteiger partial charge in [0, 0.05) is 84.6 Å². The molecule has 34 heteroatoms. The maximum absolute atomic E-state index is 14.9. The number of unbranched alkanes of at least 4 members (excludes halogenated alkanes) is 2. The van der Waals surface area contributed by atoms with Crippen molar-refractivity contribution in [3.8, 4) is 0 Å². The number of likely N-dealkylation sites (N-methyl/N-ethyl adjacent to an activating group) is 2. The van der Waals surface area contributed by atoms with Crippen molar-refractivity contribution in [1.29, 1.82) is 0 Å². The lowest BCUT2D eigenvalue weighted by Gasteiger charge is -2.41. The van der Waals surface area contributed by atoms with E-state index >= 15 is 0 Å². The highest BCUT2D eigenvalue weighted by atomic mass is 16.6. The van der Waals surface area contributed by atoms with Crippen LogP contribution in [0.4, 0.5) is 15.3 Å². The largest absolute Gasteiger partial charge is 0.445 e. The van der Waals surface area contributed by atoms with Crippen LogP contribution in [0.1, 0.15) is 189 Å². The number of nitrogens with two attached hydrogens (primary N) is 2. The Morgan fingerprint density at radius 3 is 1.86 bits per heavy atom. The molecule has 0 spiro atoms. The van der Waals surface area contributed by atoms with E-state index in [1.807, 2.05) is 45.9 Å². The first kappa shape index (κ1) is 106. The first-order valence-electron chi connectivity index (χ1n) is 43.3. The first-order valence-corrected chi connectivity index (χ1v) is 43.3. The van der Waals surface area contributed by atoms with Crippen molar-refractivity contribution in [1.82, 2.24) is 45.6 Å². The Morgan fingerprint density at radius 1 is 0.648 bits per heavy atom. The van der Waals surface area contributed by atoms with Crippen molar-refractivity contribution >= 4 is 70.5 Å². The Kier molecular flexibility index (Phi) is 51.1. The van der Waals surface area contributed by atoms with Gasteiger partial charge in [0.2, 0.25) is 29.5 Å². The number of ketones is 4. The van der Waals surface area contributed by atoms with E-state index in [9.17, 15) is 57.8 Å². The summed E-state index contributed by atoms with van der Waals surface area (Å²) in [6.45, 7) is 24.4. The van der Waals surface area contributed by atoms with Crippen molar-refractivity contribution in [3.05, 3.63) is 77.6 Å². The number of amides is 8. The SMILES string of the molecule is CC[C@H](C)[C@@H]([C@@H](CC(=O)N1CCCC1[C@H](OC)[C@@H](C)C(=O)N[C@H](C)[C@@H](O)c1ccccc1)OC)N(C)C(=O)[C@@H](CC(=O)[C@H](C(C)C)N(C)C(=O)OCc1ccc(NC(=O)[C@H](CCCNC(N)=O)CC(=O)[C@@H](NC(=O)COCCOCCOCc2cn(CCOCCOCCOCCOCCC(=O)CCCCC[C@@H](N)C(C)=O)nn2)C(C)C)cc1)C(C)C. The Balaban J connectivity index is 1.18. The maximum Gasteiger partial charge on any atom is 0.410 e. The molecule has 0 saturated carbocycles. The lowest BCUT2D eigenvalue weighted by atomic mass is 9.83. The molecule has 1 saturated heterocycles. The zero-order chi connectivity index (χ0) is 90.2. The van der Waals surface area contributed by atoms with E-state index in [2.05, 4.69) is 31.6 Å².